The van der Waals surface area contributed by atoms with Gasteiger partial charge in [-0.1, -0.05) is 48.5 Å². The zero-order valence-corrected chi connectivity index (χ0v) is 12.7. The highest BCUT2D eigenvalue weighted by molar-refractivity contribution is 5.52. The van der Waals surface area contributed by atoms with Crippen LogP contribution >= 0.6 is 0 Å². The van der Waals surface area contributed by atoms with Crippen LogP contribution in [-0.4, -0.2) is 30.0 Å². The molecule has 0 N–H and O–H groups in total. The van der Waals surface area contributed by atoms with Gasteiger partial charge in [-0.05, 0) is 30.5 Å². The minimum Gasteiger partial charge on any atom is -0.299 e. The van der Waals surface area contributed by atoms with Crippen molar-refractivity contribution in [1.82, 2.24) is 4.90 Å². The molecular formula is C19H21N3. The van der Waals surface area contributed by atoms with E-state index in [-0.39, 0.29) is 0 Å². The topological polar surface area (TPSA) is 28.0 Å². The SMILES string of the molecule is C(=Nc1ccccc1)=NC1CCN(Cc2ccccc2)CC1. The van der Waals surface area contributed by atoms with E-state index in [0.29, 0.717) is 6.04 Å². The Morgan fingerprint density at radius 3 is 2.23 bits per heavy atom. The van der Waals surface area contributed by atoms with Gasteiger partial charge in [0, 0.05) is 19.6 Å². The molecule has 0 unspecified atom stereocenters. The van der Waals surface area contributed by atoms with Gasteiger partial charge in [0.2, 0.25) is 0 Å². The first-order valence-corrected chi connectivity index (χ1v) is 7.87. The lowest BCUT2D eigenvalue weighted by Crippen LogP contribution is -2.34. The van der Waals surface area contributed by atoms with Gasteiger partial charge in [-0.15, -0.1) is 0 Å². The Morgan fingerprint density at radius 2 is 1.55 bits per heavy atom. The van der Waals surface area contributed by atoms with E-state index in [9.17, 15) is 0 Å². The molecule has 0 saturated carbocycles. The van der Waals surface area contributed by atoms with Gasteiger partial charge in [-0.3, -0.25) is 4.90 Å². The van der Waals surface area contributed by atoms with Gasteiger partial charge in [-0.2, -0.15) is 4.99 Å². The van der Waals surface area contributed by atoms with E-state index in [2.05, 4.69) is 51.2 Å². The number of likely N-dealkylation sites (tertiary alicyclic amines) is 1. The lowest BCUT2D eigenvalue weighted by Gasteiger charge is -2.29. The van der Waals surface area contributed by atoms with E-state index < -0.39 is 0 Å². The van der Waals surface area contributed by atoms with E-state index in [4.69, 9.17) is 0 Å². The molecule has 0 radical (unpaired) electrons. The number of rotatable bonds is 4. The molecule has 0 aromatic heterocycles. The van der Waals surface area contributed by atoms with Crippen LogP contribution in [0.3, 0.4) is 0 Å². The Balaban J connectivity index is 1.48. The van der Waals surface area contributed by atoms with Crippen molar-refractivity contribution < 1.29 is 0 Å². The summed E-state index contributed by atoms with van der Waals surface area (Å²) < 4.78 is 0. The third-order valence-electron chi connectivity index (χ3n) is 3.98. The maximum absolute atomic E-state index is 4.48. The number of benzene rings is 2. The summed E-state index contributed by atoms with van der Waals surface area (Å²) in [5.74, 6) is 0. The molecule has 1 heterocycles. The van der Waals surface area contributed by atoms with E-state index in [1.54, 1.807) is 0 Å². The maximum Gasteiger partial charge on any atom is 0.0951 e. The largest absolute Gasteiger partial charge is 0.299 e. The van der Waals surface area contributed by atoms with Crippen LogP contribution in [0.2, 0.25) is 0 Å². The summed E-state index contributed by atoms with van der Waals surface area (Å²) in [5, 5.41) is 0. The van der Waals surface area contributed by atoms with Crippen LogP contribution in [0.5, 0.6) is 0 Å². The van der Waals surface area contributed by atoms with Gasteiger partial charge < -0.3 is 0 Å². The minimum atomic E-state index is 0.361. The Hall–Kier alpha value is -2.22. The number of hydrogen-bond acceptors (Lipinski definition) is 3. The van der Waals surface area contributed by atoms with Crippen molar-refractivity contribution in [2.45, 2.75) is 25.4 Å². The summed E-state index contributed by atoms with van der Waals surface area (Å²) in [7, 11) is 0. The Bertz CT molecular complexity index is 622. The van der Waals surface area contributed by atoms with Crippen LogP contribution in [0.1, 0.15) is 18.4 Å². The Kier molecular flexibility index (Phi) is 5.14. The molecule has 0 aliphatic carbocycles. The smallest absolute Gasteiger partial charge is 0.0951 e. The molecule has 0 bridgehead atoms. The molecule has 2 aromatic rings. The molecule has 3 heteroatoms. The van der Waals surface area contributed by atoms with Gasteiger partial charge >= 0.3 is 0 Å². The molecule has 1 saturated heterocycles. The van der Waals surface area contributed by atoms with Crippen LogP contribution < -0.4 is 0 Å². The second-order valence-electron chi connectivity index (χ2n) is 5.67. The van der Waals surface area contributed by atoms with Gasteiger partial charge in [0.05, 0.1) is 17.7 Å². The summed E-state index contributed by atoms with van der Waals surface area (Å²) in [5.41, 5.74) is 2.29. The first-order valence-electron chi connectivity index (χ1n) is 7.87. The lowest BCUT2D eigenvalue weighted by atomic mass is 10.1. The fraction of sp³-hybridized carbons (Fsp3) is 0.316. The van der Waals surface area contributed by atoms with Crippen LogP contribution in [0.15, 0.2) is 70.6 Å². The van der Waals surface area contributed by atoms with E-state index in [1.165, 1.54) is 5.56 Å². The number of aliphatic imine (C=N–C) groups is 2. The predicted octanol–water partition coefficient (Wildman–Crippen LogP) is 4.16. The highest BCUT2D eigenvalue weighted by Crippen LogP contribution is 2.16. The Labute approximate surface area is 132 Å². The summed E-state index contributed by atoms with van der Waals surface area (Å²) in [6, 6.07) is 23.7. The van der Waals surface area contributed by atoms with Crippen LogP contribution in [0.25, 0.3) is 0 Å². The number of piperidine rings is 1. The fourth-order valence-corrected chi connectivity index (χ4v) is 2.72. The molecule has 0 atom stereocenters. The van der Waals surface area contributed by atoms with Crippen molar-refractivity contribution in [1.29, 1.82) is 0 Å². The molecule has 2 aromatic carbocycles. The molecule has 22 heavy (non-hydrogen) atoms. The highest BCUT2D eigenvalue weighted by atomic mass is 15.1. The van der Waals surface area contributed by atoms with Crippen LogP contribution in [0.4, 0.5) is 5.69 Å². The molecule has 0 amide bonds. The lowest BCUT2D eigenvalue weighted by molar-refractivity contribution is 0.206. The second-order valence-corrected chi connectivity index (χ2v) is 5.67. The quantitative estimate of drug-likeness (QED) is 0.777. The third kappa shape index (κ3) is 4.39. The minimum absolute atomic E-state index is 0.361. The van der Waals surface area contributed by atoms with Crippen molar-refractivity contribution in [3.05, 3.63) is 66.2 Å². The zero-order valence-electron chi connectivity index (χ0n) is 12.7. The predicted molar refractivity (Wildman–Crippen MR) is 90.7 cm³/mol. The average molecular weight is 291 g/mol. The summed E-state index contributed by atoms with van der Waals surface area (Å²) in [4.78, 5) is 11.2. The summed E-state index contributed by atoms with van der Waals surface area (Å²) in [6.45, 7) is 3.22. The van der Waals surface area contributed by atoms with Crippen molar-refractivity contribution in [2.24, 2.45) is 9.98 Å². The molecule has 3 rings (SSSR count). The molecule has 1 aliphatic heterocycles. The van der Waals surface area contributed by atoms with Gasteiger partial charge in [0.1, 0.15) is 0 Å². The maximum atomic E-state index is 4.48. The summed E-state index contributed by atoms with van der Waals surface area (Å²) in [6.07, 6.45) is 2.17. The molecule has 1 fully saturated rings. The molecule has 1 aliphatic rings. The van der Waals surface area contributed by atoms with Crippen molar-refractivity contribution >= 4 is 11.7 Å². The molecule has 3 nitrogen and oxygen atoms in total. The van der Waals surface area contributed by atoms with Crippen molar-refractivity contribution in [3.63, 3.8) is 0 Å². The van der Waals surface area contributed by atoms with Gasteiger partial charge in [0.25, 0.3) is 0 Å². The second kappa shape index (κ2) is 7.69. The standard InChI is InChI=1S/C19H21N3/c1-3-7-17(8-4-1)15-22-13-11-19(12-14-22)21-16-20-18-9-5-2-6-10-18/h1-10,19H,11-15H2. The first-order chi connectivity index (χ1) is 10.9. The third-order valence-corrected chi connectivity index (χ3v) is 3.98. The fourth-order valence-electron chi connectivity index (χ4n) is 2.72. The average Bonchev–Trinajstić information content (AvgIpc) is 2.58. The number of hydrogen-bond donors (Lipinski definition) is 0. The van der Waals surface area contributed by atoms with Crippen molar-refractivity contribution in [2.75, 3.05) is 13.1 Å². The van der Waals surface area contributed by atoms with Crippen molar-refractivity contribution in [3.8, 4) is 0 Å². The van der Waals surface area contributed by atoms with Crippen LogP contribution in [-0.2, 0) is 6.54 Å². The number of para-hydroxylation sites is 1. The van der Waals surface area contributed by atoms with E-state index in [1.807, 2.05) is 30.3 Å². The number of nitrogens with zero attached hydrogens (tertiary/aromatic N) is 3. The first kappa shape index (κ1) is 14.7. The van der Waals surface area contributed by atoms with Crippen LogP contribution in [0, 0.1) is 0 Å². The molecule has 112 valence electrons. The summed E-state index contributed by atoms with van der Waals surface area (Å²) >= 11 is 0. The van der Waals surface area contributed by atoms with E-state index >= 15 is 0 Å². The molecular weight excluding hydrogens is 270 g/mol. The Morgan fingerprint density at radius 1 is 0.909 bits per heavy atom. The molecule has 0 spiro atoms. The van der Waals surface area contributed by atoms with E-state index in [0.717, 1.165) is 38.2 Å². The highest BCUT2D eigenvalue weighted by Gasteiger charge is 2.18. The monoisotopic (exact) mass is 291 g/mol. The van der Waals surface area contributed by atoms with Gasteiger partial charge in [-0.25, -0.2) is 4.99 Å². The normalized spacial score (nSPS) is 16.0. The van der Waals surface area contributed by atoms with Gasteiger partial charge in [0.15, 0.2) is 0 Å². The zero-order chi connectivity index (χ0) is 15.0.